The molecule has 0 nitrogen and oxygen atoms in total. The Balaban J connectivity index is 0.000000636. The monoisotopic (exact) mass is 756 g/mol. The van der Waals surface area contributed by atoms with E-state index in [1.165, 1.54) is 77.9 Å². The molecule has 0 heteroatoms. The van der Waals surface area contributed by atoms with Crippen LogP contribution < -0.4 is 0 Å². The third-order valence-corrected chi connectivity index (χ3v) is 10.8. The van der Waals surface area contributed by atoms with Crippen LogP contribution in [-0.4, -0.2) is 0 Å². The average Bonchev–Trinajstić information content (AvgIpc) is 3.70. The molecule has 0 N–H and O–H groups in total. The predicted octanol–water partition coefficient (Wildman–Crippen LogP) is 15.6. The largest absolute Gasteiger partial charge is 0.115 e. The van der Waals surface area contributed by atoms with Crippen LogP contribution in [0.15, 0.2) is 198 Å². The number of terminal acetylenes is 1. The predicted molar refractivity (Wildman–Crippen MR) is 255 cm³/mol. The highest BCUT2D eigenvalue weighted by atomic mass is 14.2. The summed E-state index contributed by atoms with van der Waals surface area (Å²) < 4.78 is 0. The molecule has 3 aliphatic carbocycles. The van der Waals surface area contributed by atoms with E-state index in [4.69, 9.17) is 6.42 Å². The fourth-order valence-corrected chi connectivity index (χ4v) is 7.67. The highest BCUT2D eigenvalue weighted by molar-refractivity contribution is 5.83. The van der Waals surface area contributed by atoms with Crippen LogP contribution in [0.3, 0.4) is 0 Å². The summed E-state index contributed by atoms with van der Waals surface area (Å²) in [6.45, 7) is 17.1. The van der Waals surface area contributed by atoms with Gasteiger partial charge in [-0.15, -0.1) is 6.42 Å². The first-order valence-corrected chi connectivity index (χ1v) is 20.9. The number of rotatable bonds is 9. The summed E-state index contributed by atoms with van der Waals surface area (Å²) in [5, 5.41) is 0. The second-order valence-electron chi connectivity index (χ2n) is 14.9. The van der Waals surface area contributed by atoms with E-state index in [-0.39, 0.29) is 0 Å². The average molecular weight is 757 g/mol. The van der Waals surface area contributed by atoms with E-state index < -0.39 is 0 Å². The highest BCUT2D eigenvalue weighted by Crippen LogP contribution is 2.37. The summed E-state index contributed by atoms with van der Waals surface area (Å²) in [7, 11) is 0. The second-order valence-corrected chi connectivity index (χ2v) is 14.9. The lowest BCUT2D eigenvalue weighted by Gasteiger charge is -2.17. The fraction of sp³-hybridized carbons (Fsp3) is 0.207. The normalized spacial score (nSPS) is 14.9. The van der Waals surface area contributed by atoms with Crippen molar-refractivity contribution in [2.24, 2.45) is 0 Å². The SMILES string of the molecule is C#CC1=C(Cc2cc(C(=C)Cc3cccc(C)c3/C=C\C)ccc2C)C=C(/C=C(/C2=C3C=CC=CC(=CCC2)C3)c2ccccc2)C=CC1.CC.Cc1ccccc1. The zero-order chi connectivity index (χ0) is 41.3. The van der Waals surface area contributed by atoms with Crippen molar-refractivity contribution in [1.82, 2.24) is 0 Å². The molecule has 0 aliphatic heterocycles. The van der Waals surface area contributed by atoms with Gasteiger partial charge in [-0.25, -0.2) is 0 Å². The van der Waals surface area contributed by atoms with Gasteiger partial charge < -0.3 is 0 Å². The molecule has 0 aromatic heterocycles. The third-order valence-electron chi connectivity index (χ3n) is 10.8. The van der Waals surface area contributed by atoms with Crippen molar-refractivity contribution in [1.29, 1.82) is 0 Å². The van der Waals surface area contributed by atoms with Crippen molar-refractivity contribution in [2.75, 3.05) is 0 Å². The number of fused-ring (bicyclic) bond motifs is 2. The molecule has 0 radical (unpaired) electrons. The smallest absolute Gasteiger partial charge is 0.00909 e. The van der Waals surface area contributed by atoms with E-state index in [0.29, 0.717) is 0 Å². The first-order chi connectivity index (χ1) is 28.3. The van der Waals surface area contributed by atoms with Gasteiger partial charge in [0.1, 0.15) is 0 Å². The minimum absolute atomic E-state index is 0.752. The molecule has 292 valence electrons. The highest BCUT2D eigenvalue weighted by Gasteiger charge is 2.18. The van der Waals surface area contributed by atoms with Gasteiger partial charge in [0.2, 0.25) is 0 Å². The molecule has 4 aromatic carbocycles. The molecule has 0 saturated carbocycles. The van der Waals surface area contributed by atoms with Crippen LogP contribution >= 0.6 is 0 Å². The minimum atomic E-state index is 0.752. The lowest BCUT2D eigenvalue weighted by atomic mass is 9.88. The molecule has 0 spiro atoms. The van der Waals surface area contributed by atoms with Gasteiger partial charge in [0.15, 0.2) is 0 Å². The Morgan fingerprint density at radius 1 is 0.793 bits per heavy atom. The van der Waals surface area contributed by atoms with E-state index >= 15 is 0 Å². The Hall–Kier alpha value is -6.16. The third kappa shape index (κ3) is 11.7. The molecular formula is C58H60. The van der Waals surface area contributed by atoms with E-state index in [9.17, 15) is 0 Å². The topological polar surface area (TPSA) is 0 Å². The van der Waals surface area contributed by atoms with Crippen LogP contribution in [0.2, 0.25) is 0 Å². The molecule has 0 unspecified atom stereocenters. The van der Waals surface area contributed by atoms with Gasteiger partial charge in [0.25, 0.3) is 0 Å². The standard InChI is InChI=1S/C49H46.C7H8.C2H6/c1-6-16-47-36(4)17-13-25-43(47)29-37(5)42-28-27-35(3)45(33-42)34-46-31-39(20-14-24-40(46)7-2)32-49(41-21-9-8-10-22-41)48-26-15-19-38-18-11-12-23-44(48)30-38;1-7-5-3-2-4-6-7;1-2/h2,6,8-14,16-23,25,27-28,31-33H,5,15,24,26,29-30,34H2,1,3-4H3;2-6H,1H3;1-2H3/b16-6-,49-32+;;. The summed E-state index contributed by atoms with van der Waals surface area (Å²) in [4.78, 5) is 0. The molecule has 2 bridgehead atoms. The Kier molecular flexibility index (Phi) is 16.3. The summed E-state index contributed by atoms with van der Waals surface area (Å²) in [6, 6.07) is 34.4. The number of benzene rings is 4. The van der Waals surface area contributed by atoms with E-state index in [0.717, 1.165) is 49.7 Å². The van der Waals surface area contributed by atoms with Gasteiger partial charge in [-0.2, -0.15) is 0 Å². The molecule has 3 aliphatic rings. The molecule has 0 amide bonds. The number of allylic oxidation sites excluding steroid dienone is 18. The maximum Gasteiger partial charge on any atom is 0.00909 e. The van der Waals surface area contributed by atoms with E-state index in [2.05, 4.69) is 186 Å². The van der Waals surface area contributed by atoms with Crippen molar-refractivity contribution in [3.8, 4) is 12.3 Å². The van der Waals surface area contributed by atoms with Crippen LogP contribution in [0.25, 0.3) is 17.2 Å². The molecule has 0 fully saturated rings. The van der Waals surface area contributed by atoms with Crippen molar-refractivity contribution >= 4 is 17.2 Å². The number of hydrogen-bond acceptors (Lipinski definition) is 0. The summed E-state index contributed by atoms with van der Waals surface area (Å²) in [6.07, 6.45) is 36.4. The molecule has 4 aromatic rings. The second kappa shape index (κ2) is 22.0. The van der Waals surface area contributed by atoms with Crippen molar-refractivity contribution < 1.29 is 0 Å². The molecule has 0 heterocycles. The molecule has 0 saturated heterocycles. The maximum atomic E-state index is 6.18. The quantitative estimate of drug-likeness (QED) is 0.149. The lowest BCUT2D eigenvalue weighted by molar-refractivity contribution is 1.01. The van der Waals surface area contributed by atoms with E-state index in [1.54, 1.807) is 0 Å². The molecule has 7 rings (SSSR count). The van der Waals surface area contributed by atoms with Crippen LogP contribution in [0.5, 0.6) is 0 Å². The Morgan fingerprint density at radius 3 is 2.24 bits per heavy atom. The summed E-state index contributed by atoms with van der Waals surface area (Å²) in [5.74, 6) is 3.05. The van der Waals surface area contributed by atoms with Crippen LogP contribution in [0, 0.1) is 33.1 Å². The van der Waals surface area contributed by atoms with E-state index in [1.807, 2.05) is 32.0 Å². The Labute approximate surface area is 350 Å². The van der Waals surface area contributed by atoms with Crippen molar-refractivity contribution in [2.45, 2.75) is 80.1 Å². The molecule has 58 heavy (non-hydrogen) atoms. The number of hydrogen-bond donors (Lipinski definition) is 0. The molecular weight excluding hydrogens is 697 g/mol. The Morgan fingerprint density at radius 2 is 1.53 bits per heavy atom. The number of aryl methyl sites for hydroxylation is 3. The van der Waals surface area contributed by atoms with Gasteiger partial charge in [-0.3, -0.25) is 0 Å². The first kappa shape index (κ1) is 43.0. The zero-order valence-corrected chi connectivity index (χ0v) is 35.6. The minimum Gasteiger partial charge on any atom is -0.115 e. The Bertz CT molecular complexity index is 2380. The van der Waals surface area contributed by atoms with Crippen molar-refractivity contribution in [3.63, 3.8) is 0 Å². The fourth-order valence-electron chi connectivity index (χ4n) is 7.67. The van der Waals surface area contributed by atoms with Crippen molar-refractivity contribution in [3.05, 3.63) is 242 Å². The summed E-state index contributed by atoms with van der Waals surface area (Å²) >= 11 is 0. The summed E-state index contributed by atoms with van der Waals surface area (Å²) in [5.41, 5.74) is 20.2. The van der Waals surface area contributed by atoms with Gasteiger partial charge in [-0.05, 0) is 150 Å². The van der Waals surface area contributed by atoms with Gasteiger partial charge in [-0.1, -0.05) is 190 Å². The van der Waals surface area contributed by atoms with Gasteiger partial charge in [0.05, 0.1) is 0 Å². The van der Waals surface area contributed by atoms with Crippen LogP contribution in [0.4, 0.5) is 0 Å². The lowest BCUT2D eigenvalue weighted by Crippen LogP contribution is -1.99. The first-order valence-electron chi connectivity index (χ1n) is 20.9. The van der Waals surface area contributed by atoms with Gasteiger partial charge >= 0.3 is 0 Å². The van der Waals surface area contributed by atoms with Gasteiger partial charge in [0, 0.05) is 5.57 Å². The van der Waals surface area contributed by atoms with Crippen LogP contribution in [-0.2, 0) is 12.8 Å². The van der Waals surface area contributed by atoms with Crippen LogP contribution in [0.1, 0.15) is 91.0 Å². The molecule has 0 atom stereocenters. The maximum absolute atomic E-state index is 6.18. The zero-order valence-electron chi connectivity index (χ0n) is 35.6.